The first-order chi connectivity index (χ1) is 18.1. The number of likely N-dealkylation sites (tertiary alicyclic amines) is 1. The molecule has 2 aliphatic heterocycles. The average Bonchev–Trinajstić information content (AvgIpc) is 3.18. The van der Waals surface area contributed by atoms with Crippen LogP contribution in [0.3, 0.4) is 0 Å². The van der Waals surface area contributed by atoms with E-state index >= 15 is 0 Å². The summed E-state index contributed by atoms with van der Waals surface area (Å²) in [7, 11) is -3.51. The molecule has 0 spiro atoms. The topological polar surface area (TPSA) is 53.1 Å². The van der Waals surface area contributed by atoms with Crippen LogP contribution in [0.25, 0.3) is 10.8 Å². The summed E-state index contributed by atoms with van der Waals surface area (Å²) in [5, 5.41) is 2.01. The van der Waals surface area contributed by atoms with E-state index in [0.29, 0.717) is 18.0 Å². The summed E-state index contributed by atoms with van der Waals surface area (Å²) in [5.74, 6) is 0.922. The molecule has 2 saturated heterocycles. The van der Waals surface area contributed by atoms with Crippen molar-refractivity contribution in [3.8, 4) is 5.75 Å². The maximum absolute atomic E-state index is 13.4. The number of fused-ring (bicyclic) bond motifs is 1. The number of rotatable bonds is 9. The minimum atomic E-state index is -3.51. The molecule has 0 aromatic heterocycles. The Morgan fingerprint density at radius 1 is 0.711 bits per heavy atom. The Kier molecular flexibility index (Phi) is 10.4. The van der Waals surface area contributed by atoms with Crippen molar-refractivity contribution in [1.82, 2.24) is 14.1 Å². The monoisotopic (exact) mass is 557 g/mol. The first-order valence-corrected chi connectivity index (χ1v) is 15.2. The second kappa shape index (κ2) is 13.8. The molecule has 6 nitrogen and oxygen atoms in total. The lowest BCUT2D eigenvalue weighted by atomic mass is 10.1. The van der Waals surface area contributed by atoms with Crippen LogP contribution in [0.2, 0.25) is 0 Å². The number of ether oxygens (including phenoxy) is 1. The molecule has 0 atom stereocenters. The normalized spacial score (nSPS) is 18.1. The summed E-state index contributed by atoms with van der Waals surface area (Å²) in [5.41, 5.74) is 1.23. The van der Waals surface area contributed by atoms with E-state index < -0.39 is 10.0 Å². The number of halogens is 1. The van der Waals surface area contributed by atoms with Gasteiger partial charge in [-0.15, -0.1) is 12.4 Å². The van der Waals surface area contributed by atoms with Crippen molar-refractivity contribution in [2.75, 3.05) is 52.4 Å². The first-order valence-electron chi connectivity index (χ1n) is 13.7. The van der Waals surface area contributed by atoms with Gasteiger partial charge in [0.05, 0.1) is 11.5 Å². The molecular weight excluding hydrogens is 518 g/mol. The van der Waals surface area contributed by atoms with E-state index in [1.54, 1.807) is 16.4 Å². The SMILES string of the molecule is Cl.O=S(=O)(c1ccc2ccccc2c1)N1CCCN(Cc2ccc(OCCCN3CCCCC3)cc2)CC1. The zero-order valence-electron chi connectivity index (χ0n) is 22.1. The number of benzene rings is 3. The van der Waals surface area contributed by atoms with Gasteiger partial charge in [0.2, 0.25) is 10.0 Å². The number of piperidine rings is 1. The molecule has 0 aliphatic carbocycles. The van der Waals surface area contributed by atoms with Crippen LogP contribution in [0, 0.1) is 0 Å². The second-order valence-electron chi connectivity index (χ2n) is 10.3. The van der Waals surface area contributed by atoms with Crippen molar-refractivity contribution in [2.45, 2.75) is 43.5 Å². The second-order valence-corrected chi connectivity index (χ2v) is 12.2. The van der Waals surface area contributed by atoms with Crippen LogP contribution in [0.4, 0.5) is 0 Å². The van der Waals surface area contributed by atoms with E-state index in [1.165, 1.54) is 37.9 Å². The molecule has 5 rings (SSSR count). The van der Waals surface area contributed by atoms with Crippen LogP contribution in [-0.2, 0) is 16.6 Å². The van der Waals surface area contributed by atoms with Gasteiger partial charge >= 0.3 is 0 Å². The molecule has 2 fully saturated rings. The molecule has 3 aromatic carbocycles. The first kappa shape index (κ1) is 28.8. The molecule has 3 aromatic rings. The zero-order chi connectivity index (χ0) is 25.5. The fourth-order valence-corrected chi connectivity index (χ4v) is 6.94. The van der Waals surface area contributed by atoms with E-state index in [9.17, 15) is 8.42 Å². The highest BCUT2D eigenvalue weighted by atomic mass is 35.5. The van der Waals surface area contributed by atoms with Crippen molar-refractivity contribution in [2.24, 2.45) is 0 Å². The van der Waals surface area contributed by atoms with Crippen LogP contribution in [0.5, 0.6) is 5.75 Å². The third kappa shape index (κ3) is 7.48. The summed E-state index contributed by atoms with van der Waals surface area (Å²) < 4.78 is 34.4. The largest absolute Gasteiger partial charge is 0.494 e. The Hall–Kier alpha value is -2.16. The summed E-state index contributed by atoms with van der Waals surface area (Å²) in [6.07, 6.45) is 5.92. The fourth-order valence-electron chi connectivity index (χ4n) is 5.43. The summed E-state index contributed by atoms with van der Waals surface area (Å²) in [6, 6.07) is 21.7. The number of hydrogen-bond acceptors (Lipinski definition) is 5. The van der Waals surface area contributed by atoms with Crippen LogP contribution >= 0.6 is 12.4 Å². The molecule has 0 amide bonds. The standard InChI is InChI=1S/C30H39N3O3S.ClH/c34-37(35,30-15-12-27-8-2-3-9-28(27)24-30)33-20-6-18-32(21-22-33)25-26-10-13-29(14-11-26)36-23-7-19-31-16-4-1-5-17-31;/h2-3,8-15,24H,1,4-7,16-23,25H2;1H. The third-order valence-electron chi connectivity index (χ3n) is 7.57. The van der Waals surface area contributed by atoms with E-state index in [1.807, 2.05) is 30.3 Å². The highest BCUT2D eigenvalue weighted by Gasteiger charge is 2.27. The van der Waals surface area contributed by atoms with Gasteiger partial charge in [0.1, 0.15) is 5.75 Å². The maximum Gasteiger partial charge on any atom is 0.243 e. The van der Waals surface area contributed by atoms with Crippen LogP contribution < -0.4 is 4.74 Å². The Bertz CT molecular complexity index is 1260. The van der Waals surface area contributed by atoms with Gasteiger partial charge < -0.3 is 9.64 Å². The van der Waals surface area contributed by atoms with Gasteiger partial charge in [-0.1, -0.05) is 48.9 Å². The molecule has 8 heteroatoms. The highest BCUT2D eigenvalue weighted by molar-refractivity contribution is 7.89. The molecule has 2 heterocycles. The van der Waals surface area contributed by atoms with Crippen LogP contribution in [0.1, 0.15) is 37.7 Å². The fraction of sp³-hybridized carbons (Fsp3) is 0.467. The minimum absolute atomic E-state index is 0. The zero-order valence-corrected chi connectivity index (χ0v) is 23.8. The summed E-state index contributed by atoms with van der Waals surface area (Å²) in [6.45, 7) is 7.84. The lowest BCUT2D eigenvalue weighted by Crippen LogP contribution is -2.35. The average molecular weight is 558 g/mol. The molecule has 2 aliphatic rings. The Balaban J connectivity index is 0.00000336. The quantitative estimate of drug-likeness (QED) is 0.329. The molecular formula is C30H40ClN3O3S. The summed E-state index contributed by atoms with van der Waals surface area (Å²) in [4.78, 5) is 5.28. The predicted molar refractivity (Wildman–Crippen MR) is 157 cm³/mol. The van der Waals surface area contributed by atoms with E-state index in [4.69, 9.17) is 4.74 Å². The number of sulfonamides is 1. The summed E-state index contributed by atoms with van der Waals surface area (Å²) >= 11 is 0. The van der Waals surface area contributed by atoms with E-state index in [-0.39, 0.29) is 12.4 Å². The third-order valence-corrected chi connectivity index (χ3v) is 9.47. The van der Waals surface area contributed by atoms with Crippen molar-refractivity contribution in [3.63, 3.8) is 0 Å². The van der Waals surface area contributed by atoms with Gasteiger partial charge in [-0.25, -0.2) is 8.42 Å². The molecule has 0 N–H and O–H groups in total. The Labute approximate surface area is 234 Å². The van der Waals surface area contributed by atoms with Gasteiger partial charge in [0.25, 0.3) is 0 Å². The maximum atomic E-state index is 13.4. The van der Waals surface area contributed by atoms with Gasteiger partial charge in [0, 0.05) is 32.7 Å². The van der Waals surface area contributed by atoms with Gasteiger partial charge in [0.15, 0.2) is 0 Å². The van der Waals surface area contributed by atoms with Gasteiger partial charge in [-0.2, -0.15) is 4.31 Å². The lowest BCUT2D eigenvalue weighted by Gasteiger charge is -2.26. The smallest absolute Gasteiger partial charge is 0.243 e. The Morgan fingerprint density at radius 2 is 1.45 bits per heavy atom. The number of hydrogen-bond donors (Lipinski definition) is 0. The molecule has 0 saturated carbocycles. The molecule has 0 radical (unpaired) electrons. The Morgan fingerprint density at radius 3 is 2.24 bits per heavy atom. The van der Waals surface area contributed by atoms with Crippen LogP contribution in [-0.4, -0.2) is 74.9 Å². The van der Waals surface area contributed by atoms with Gasteiger partial charge in [-0.3, -0.25) is 4.90 Å². The number of nitrogens with zero attached hydrogens (tertiary/aromatic N) is 3. The minimum Gasteiger partial charge on any atom is -0.494 e. The van der Waals surface area contributed by atoms with Crippen molar-refractivity contribution in [1.29, 1.82) is 0 Å². The van der Waals surface area contributed by atoms with E-state index in [2.05, 4.69) is 34.1 Å². The van der Waals surface area contributed by atoms with Crippen molar-refractivity contribution < 1.29 is 13.2 Å². The highest BCUT2D eigenvalue weighted by Crippen LogP contribution is 2.23. The van der Waals surface area contributed by atoms with E-state index in [0.717, 1.165) is 62.1 Å². The molecule has 0 unspecified atom stereocenters. The predicted octanol–water partition coefficient (Wildman–Crippen LogP) is 5.41. The lowest BCUT2D eigenvalue weighted by molar-refractivity contribution is 0.205. The molecule has 0 bridgehead atoms. The van der Waals surface area contributed by atoms with Crippen molar-refractivity contribution in [3.05, 3.63) is 72.3 Å². The molecule has 206 valence electrons. The molecule has 38 heavy (non-hydrogen) atoms. The van der Waals surface area contributed by atoms with Crippen molar-refractivity contribution >= 4 is 33.2 Å². The van der Waals surface area contributed by atoms with Crippen LogP contribution in [0.15, 0.2) is 71.6 Å². The van der Waals surface area contributed by atoms with Gasteiger partial charge in [-0.05, 0) is 85.9 Å².